The SMILES string of the molecule is CCOC(=O)C1=C(C)OC(N)=C(C#N)[C@@H]1c1cc(COc2ccc(Cl)cc2)c(C)cc1C. The minimum absolute atomic E-state index is 0.0120. The van der Waals surface area contributed by atoms with Crippen LogP contribution in [0, 0.1) is 25.2 Å². The molecule has 1 atom stereocenters. The van der Waals surface area contributed by atoms with Crippen LogP contribution in [0.5, 0.6) is 5.75 Å². The summed E-state index contributed by atoms with van der Waals surface area (Å²) in [5, 5.41) is 10.5. The molecule has 0 saturated carbocycles. The van der Waals surface area contributed by atoms with Gasteiger partial charge in [-0.3, -0.25) is 0 Å². The molecule has 2 N–H and O–H groups in total. The van der Waals surface area contributed by atoms with Gasteiger partial charge < -0.3 is 19.9 Å². The van der Waals surface area contributed by atoms with Crippen molar-refractivity contribution in [1.82, 2.24) is 0 Å². The van der Waals surface area contributed by atoms with Gasteiger partial charge in [-0.25, -0.2) is 4.79 Å². The first-order chi connectivity index (χ1) is 15.3. The van der Waals surface area contributed by atoms with Crippen LogP contribution in [0.1, 0.15) is 42.0 Å². The Balaban J connectivity index is 2.05. The first kappa shape index (κ1) is 23.2. The second kappa shape index (κ2) is 9.80. The third-order valence-electron chi connectivity index (χ3n) is 5.34. The van der Waals surface area contributed by atoms with Gasteiger partial charge in [-0.15, -0.1) is 0 Å². The maximum Gasteiger partial charge on any atom is 0.338 e. The zero-order valence-corrected chi connectivity index (χ0v) is 19.2. The highest BCUT2D eigenvalue weighted by atomic mass is 35.5. The number of benzene rings is 2. The molecule has 2 aromatic carbocycles. The normalized spacial score (nSPS) is 15.8. The van der Waals surface area contributed by atoms with E-state index >= 15 is 0 Å². The molecule has 0 bridgehead atoms. The smallest absolute Gasteiger partial charge is 0.338 e. The summed E-state index contributed by atoms with van der Waals surface area (Å²) >= 11 is 5.94. The van der Waals surface area contributed by atoms with Crippen molar-refractivity contribution >= 4 is 17.6 Å². The van der Waals surface area contributed by atoms with E-state index in [1.807, 2.05) is 26.0 Å². The van der Waals surface area contributed by atoms with Crippen LogP contribution in [0.15, 0.2) is 59.2 Å². The number of esters is 1. The van der Waals surface area contributed by atoms with Crippen LogP contribution in [0.3, 0.4) is 0 Å². The van der Waals surface area contributed by atoms with Crippen LogP contribution in [-0.4, -0.2) is 12.6 Å². The number of hydrogen-bond acceptors (Lipinski definition) is 6. The zero-order valence-electron chi connectivity index (χ0n) is 18.5. The highest BCUT2D eigenvalue weighted by molar-refractivity contribution is 6.30. The Bertz CT molecular complexity index is 1140. The number of nitriles is 1. The van der Waals surface area contributed by atoms with Gasteiger partial charge in [-0.1, -0.05) is 23.7 Å². The Morgan fingerprint density at radius 1 is 1.19 bits per heavy atom. The third-order valence-corrected chi connectivity index (χ3v) is 5.60. The number of rotatable bonds is 6. The second-order valence-corrected chi connectivity index (χ2v) is 7.93. The molecule has 1 aliphatic rings. The van der Waals surface area contributed by atoms with Crippen molar-refractivity contribution in [2.75, 3.05) is 6.61 Å². The van der Waals surface area contributed by atoms with E-state index in [9.17, 15) is 10.1 Å². The molecule has 1 heterocycles. The van der Waals surface area contributed by atoms with Crippen LogP contribution in [0.4, 0.5) is 0 Å². The van der Waals surface area contributed by atoms with Crippen molar-refractivity contribution in [3.8, 4) is 11.8 Å². The summed E-state index contributed by atoms with van der Waals surface area (Å²) in [5.74, 6) is -0.227. The molecule has 0 radical (unpaired) electrons. The molecule has 3 rings (SSSR count). The van der Waals surface area contributed by atoms with Gasteiger partial charge in [0.2, 0.25) is 5.88 Å². The number of nitrogens with zero attached hydrogens (tertiary/aromatic N) is 1. The monoisotopic (exact) mass is 452 g/mol. The lowest BCUT2D eigenvalue weighted by atomic mass is 9.80. The van der Waals surface area contributed by atoms with E-state index in [1.165, 1.54) is 0 Å². The predicted molar refractivity (Wildman–Crippen MR) is 122 cm³/mol. The quantitative estimate of drug-likeness (QED) is 0.607. The molecular weight excluding hydrogens is 428 g/mol. The lowest BCUT2D eigenvalue weighted by Crippen LogP contribution is -2.26. The van der Waals surface area contributed by atoms with Gasteiger partial charge in [-0.05, 0) is 74.2 Å². The molecule has 0 unspecified atom stereocenters. The fourth-order valence-corrected chi connectivity index (χ4v) is 3.87. The molecule has 32 heavy (non-hydrogen) atoms. The highest BCUT2D eigenvalue weighted by Gasteiger charge is 2.37. The predicted octanol–water partition coefficient (Wildman–Crippen LogP) is 5.18. The fourth-order valence-electron chi connectivity index (χ4n) is 3.74. The average Bonchev–Trinajstić information content (AvgIpc) is 2.74. The van der Waals surface area contributed by atoms with Crippen LogP contribution >= 0.6 is 11.6 Å². The molecule has 0 amide bonds. The second-order valence-electron chi connectivity index (χ2n) is 7.49. The minimum Gasteiger partial charge on any atom is -0.489 e. The van der Waals surface area contributed by atoms with Crippen LogP contribution in [0.25, 0.3) is 0 Å². The van der Waals surface area contributed by atoms with E-state index in [1.54, 1.807) is 38.1 Å². The van der Waals surface area contributed by atoms with Crippen LogP contribution in [-0.2, 0) is 20.9 Å². The van der Waals surface area contributed by atoms with Gasteiger partial charge in [0, 0.05) is 5.02 Å². The number of ether oxygens (including phenoxy) is 3. The Kier molecular flexibility index (Phi) is 7.12. The summed E-state index contributed by atoms with van der Waals surface area (Å²) < 4.78 is 16.7. The molecule has 0 spiro atoms. The van der Waals surface area contributed by atoms with Crippen LogP contribution < -0.4 is 10.5 Å². The van der Waals surface area contributed by atoms with E-state index in [0.29, 0.717) is 23.1 Å². The number of halogens is 1. The highest BCUT2D eigenvalue weighted by Crippen LogP contribution is 2.41. The van der Waals surface area contributed by atoms with Gasteiger partial charge in [0.15, 0.2) is 0 Å². The Labute approximate surface area is 192 Å². The Hall–Kier alpha value is -3.43. The number of allylic oxidation sites excluding steroid dienone is 2. The van der Waals surface area contributed by atoms with Crippen molar-refractivity contribution < 1.29 is 19.0 Å². The Morgan fingerprint density at radius 2 is 1.88 bits per heavy atom. The van der Waals surface area contributed by atoms with Gasteiger partial charge in [0.25, 0.3) is 0 Å². The lowest BCUT2D eigenvalue weighted by molar-refractivity contribution is -0.139. The van der Waals surface area contributed by atoms with E-state index in [-0.39, 0.29) is 23.6 Å². The van der Waals surface area contributed by atoms with Gasteiger partial charge in [-0.2, -0.15) is 5.26 Å². The van der Waals surface area contributed by atoms with E-state index < -0.39 is 11.9 Å². The molecule has 1 aliphatic heterocycles. The van der Waals surface area contributed by atoms with Gasteiger partial charge >= 0.3 is 5.97 Å². The minimum atomic E-state index is -0.692. The van der Waals surface area contributed by atoms with Crippen molar-refractivity contribution in [3.05, 3.63) is 86.5 Å². The number of carbonyl (C=O) groups excluding carboxylic acids is 1. The van der Waals surface area contributed by atoms with Crippen molar-refractivity contribution in [3.63, 3.8) is 0 Å². The van der Waals surface area contributed by atoms with E-state index in [2.05, 4.69) is 6.07 Å². The number of carbonyl (C=O) groups is 1. The Morgan fingerprint density at radius 3 is 2.50 bits per heavy atom. The third kappa shape index (κ3) is 4.74. The number of nitrogens with two attached hydrogens (primary N) is 1. The topological polar surface area (TPSA) is 94.6 Å². The molecular formula is C25H25ClN2O4. The van der Waals surface area contributed by atoms with E-state index in [0.717, 1.165) is 22.3 Å². The fraction of sp³-hybridized carbons (Fsp3) is 0.280. The number of aryl methyl sites for hydroxylation is 2. The summed E-state index contributed by atoms with van der Waals surface area (Å²) in [6.45, 7) is 7.81. The largest absolute Gasteiger partial charge is 0.489 e. The first-order valence-electron chi connectivity index (χ1n) is 10.2. The summed E-state index contributed by atoms with van der Waals surface area (Å²) in [4.78, 5) is 12.8. The summed E-state index contributed by atoms with van der Waals surface area (Å²) in [6, 6.07) is 13.2. The molecule has 2 aromatic rings. The van der Waals surface area contributed by atoms with Gasteiger partial charge in [0.1, 0.15) is 29.8 Å². The summed E-state index contributed by atoms with van der Waals surface area (Å²) in [7, 11) is 0. The first-order valence-corrected chi connectivity index (χ1v) is 10.6. The van der Waals surface area contributed by atoms with E-state index in [4.69, 9.17) is 31.5 Å². The molecule has 166 valence electrons. The zero-order chi connectivity index (χ0) is 23.4. The van der Waals surface area contributed by atoms with Gasteiger partial charge in [0.05, 0.1) is 18.1 Å². The summed E-state index contributed by atoms with van der Waals surface area (Å²) in [5.41, 5.74) is 10.1. The molecule has 0 saturated heterocycles. The maximum absolute atomic E-state index is 12.8. The average molecular weight is 453 g/mol. The standard InChI is InChI=1S/C25H25ClN2O4/c1-5-30-25(29)22-16(4)32-24(28)21(12-27)23(22)20-11-17(14(2)10-15(20)3)13-31-19-8-6-18(26)7-9-19/h6-11,23H,5,13,28H2,1-4H3/t23-/m0/s1. The molecule has 7 heteroatoms. The summed E-state index contributed by atoms with van der Waals surface area (Å²) in [6.07, 6.45) is 0. The lowest BCUT2D eigenvalue weighted by Gasteiger charge is -2.28. The maximum atomic E-state index is 12.8. The molecule has 6 nitrogen and oxygen atoms in total. The van der Waals surface area contributed by atoms with Crippen LogP contribution in [0.2, 0.25) is 5.02 Å². The molecule has 0 aromatic heterocycles. The van der Waals surface area contributed by atoms with Crippen molar-refractivity contribution in [1.29, 1.82) is 5.26 Å². The van der Waals surface area contributed by atoms with Crippen molar-refractivity contribution in [2.45, 2.75) is 40.2 Å². The van der Waals surface area contributed by atoms with Crippen molar-refractivity contribution in [2.24, 2.45) is 5.73 Å². The molecule has 0 fully saturated rings. The number of hydrogen-bond donors (Lipinski definition) is 1. The molecule has 0 aliphatic carbocycles.